The van der Waals surface area contributed by atoms with Gasteiger partial charge in [-0.15, -0.1) is 0 Å². The lowest BCUT2D eigenvalue weighted by Crippen LogP contribution is -2.07. The van der Waals surface area contributed by atoms with E-state index in [1.807, 2.05) is 6.08 Å². The van der Waals surface area contributed by atoms with Gasteiger partial charge >= 0.3 is 0 Å². The van der Waals surface area contributed by atoms with Gasteiger partial charge in [-0.3, -0.25) is 0 Å². The fourth-order valence-electron chi connectivity index (χ4n) is 0.892. The zero-order chi connectivity index (χ0) is 6.69. The summed E-state index contributed by atoms with van der Waals surface area (Å²) in [6, 6.07) is 0. The molecule has 0 amide bonds. The molecule has 0 atom stereocenters. The molecule has 1 saturated carbocycles. The molecular formula is C8H13N. The molecule has 0 spiro atoms. The molecule has 0 unspecified atom stereocenters. The second-order valence-corrected chi connectivity index (χ2v) is 2.63. The molecule has 1 heteroatoms. The summed E-state index contributed by atoms with van der Waals surface area (Å²) in [5, 5.41) is 0. The van der Waals surface area contributed by atoms with Crippen LogP contribution >= 0.6 is 0 Å². The van der Waals surface area contributed by atoms with E-state index in [1.54, 1.807) is 0 Å². The molecule has 0 heterocycles. The number of rotatable bonds is 2. The van der Waals surface area contributed by atoms with Gasteiger partial charge in [0.1, 0.15) is 0 Å². The van der Waals surface area contributed by atoms with E-state index in [0.29, 0.717) is 5.70 Å². The van der Waals surface area contributed by atoms with Crippen LogP contribution in [0.15, 0.2) is 24.4 Å². The summed E-state index contributed by atoms with van der Waals surface area (Å²) in [4.78, 5) is 0. The predicted octanol–water partition coefficient (Wildman–Crippen LogP) is 1.82. The normalized spacial score (nSPS) is 20.0. The maximum absolute atomic E-state index is 5.34. The van der Waals surface area contributed by atoms with Crippen LogP contribution in [-0.2, 0) is 0 Å². The second kappa shape index (κ2) is 2.72. The summed E-state index contributed by atoms with van der Waals surface area (Å²) >= 11 is 0. The van der Waals surface area contributed by atoms with Crippen molar-refractivity contribution in [2.45, 2.75) is 19.3 Å². The monoisotopic (exact) mass is 123 g/mol. The van der Waals surface area contributed by atoms with Crippen LogP contribution in [0, 0.1) is 5.92 Å². The van der Waals surface area contributed by atoms with Crippen molar-refractivity contribution < 1.29 is 0 Å². The largest absolute Gasteiger partial charge is 0.399 e. The summed E-state index contributed by atoms with van der Waals surface area (Å²) in [6.45, 7) is 3.58. The van der Waals surface area contributed by atoms with Gasteiger partial charge in [-0.2, -0.15) is 0 Å². The van der Waals surface area contributed by atoms with Gasteiger partial charge in [0.15, 0.2) is 0 Å². The van der Waals surface area contributed by atoms with E-state index in [0.717, 1.165) is 5.92 Å². The molecule has 50 valence electrons. The van der Waals surface area contributed by atoms with Gasteiger partial charge in [0, 0.05) is 5.70 Å². The molecule has 1 aliphatic carbocycles. The van der Waals surface area contributed by atoms with Gasteiger partial charge in [0.25, 0.3) is 0 Å². The van der Waals surface area contributed by atoms with E-state index in [2.05, 4.69) is 12.7 Å². The van der Waals surface area contributed by atoms with Crippen LogP contribution in [0.3, 0.4) is 0 Å². The molecule has 1 rings (SSSR count). The molecule has 0 radical (unpaired) electrons. The van der Waals surface area contributed by atoms with Crippen molar-refractivity contribution in [1.82, 2.24) is 0 Å². The first-order chi connectivity index (χ1) is 4.29. The standard InChI is InChI=1S/C8H13N/c1-7(9)5-6-8-3-2-4-8/h5-6,8H,1-4,9H2/b6-5+. The quantitative estimate of drug-likeness (QED) is 0.557. The zero-order valence-electron chi connectivity index (χ0n) is 5.64. The molecule has 0 aliphatic heterocycles. The Labute approximate surface area is 56.2 Å². The van der Waals surface area contributed by atoms with E-state index < -0.39 is 0 Å². The lowest BCUT2D eigenvalue weighted by Gasteiger charge is -2.21. The highest BCUT2D eigenvalue weighted by Crippen LogP contribution is 2.27. The van der Waals surface area contributed by atoms with E-state index >= 15 is 0 Å². The number of hydrogen-bond acceptors (Lipinski definition) is 1. The van der Waals surface area contributed by atoms with Crippen LogP contribution in [0.2, 0.25) is 0 Å². The van der Waals surface area contributed by atoms with Crippen molar-refractivity contribution in [2.24, 2.45) is 11.7 Å². The van der Waals surface area contributed by atoms with Crippen molar-refractivity contribution in [3.63, 3.8) is 0 Å². The predicted molar refractivity (Wildman–Crippen MR) is 39.8 cm³/mol. The Kier molecular flexibility index (Phi) is 1.93. The van der Waals surface area contributed by atoms with E-state index in [9.17, 15) is 0 Å². The molecule has 0 saturated heterocycles. The molecule has 0 aromatic carbocycles. The lowest BCUT2D eigenvalue weighted by molar-refractivity contribution is 0.387. The van der Waals surface area contributed by atoms with Crippen LogP contribution in [-0.4, -0.2) is 0 Å². The van der Waals surface area contributed by atoms with Crippen molar-refractivity contribution in [3.8, 4) is 0 Å². The van der Waals surface area contributed by atoms with Gasteiger partial charge in [-0.25, -0.2) is 0 Å². The van der Waals surface area contributed by atoms with Crippen LogP contribution in [0.1, 0.15) is 19.3 Å². The van der Waals surface area contributed by atoms with E-state index in [4.69, 9.17) is 5.73 Å². The summed E-state index contributed by atoms with van der Waals surface area (Å²) in [5.41, 5.74) is 6.01. The summed E-state index contributed by atoms with van der Waals surface area (Å²) in [5.74, 6) is 0.797. The molecule has 0 aromatic rings. The van der Waals surface area contributed by atoms with Crippen molar-refractivity contribution in [3.05, 3.63) is 24.4 Å². The third kappa shape index (κ3) is 1.92. The van der Waals surface area contributed by atoms with Crippen LogP contribution in [0.4, 0.5) is 0 Å². The summed E-state index contributed by atoms with van der Waals surface area (Å²) in [6.07, 6.45) is 8.12. The fraction of sp³-hybridized carbons (Fsp3) is 0.500. The van der Waals surface area contributed by atoms with Gasteiger partial charge in [0.05, 0.1) is 0 Å². The topological polar surface area (TPSA) is 26.0 Å². The Morgan fingerprint density at radius 3 is 2.56 bits per heavy atom. The van der Waals surface area contributed by atoms with E-state index in [1.165, 1.54) is 19.3 Å². The summed E-state index contributed by atoms with van der Waals surface area (Å²) < 4.78 is 0. The Hall–Kier alpha value is -0.720. The first kappa shape index (κ1) is 6.40. The Bertz CT molecular complexity index is 132. The minimum atomic E-state index is 0.668. The number of hydrogen-bond donors (Lipinski definition) is 1. The number of allylic oxidation sites excluding steroid dienone is 2. The van der Waals surface area contributed by atoms with E-state index in [-0.39, 0.29) is 0 Å². The fourth-order valence-corrected chi connectivity index (χ4v) is 0.892. The minimum Gasteiger partial charge on any atom is -0.399 e. The highest BCUT2D eigenvalue weighted by molar-refractivity contribution is 5.11. The maximum Gasteiger partial charge on any atom is 0.0237 e. The third-order valence-corrected chi connectivity index (χ3v) is 1.73. The van der Waals surface area contributed by atoms with Gasteiger partial charge < -0.3 is 5.73 Å². The summed E-state index contributed by atoms with van der Waals surface area (Å²) in [7, 11) is 0. The van der Waals surface area contributed by atoms with Crippen molar-refractivity contribution in [1.29, 1.82) is 0 Å². The molecule has 0 aromatic heterocycles. The van der Waals surface area contributed by atoms with Gasteiger partial charge in [-0.05, 0) is 24.8 Å². The molecule has 2 N–H and O–H groups in total. The smallest absolute Gasteiger partial charge is 0.0237 e. The molecule has 1 nitrogen and oxygen atoms in total. The van der Waals surface area contributed by atoms with Crippen LogP contribution in [0.5, 0.6) is 0 Å². The molecule has 1 aliphatic rings. The molecule has 1 fully saturated rings. The highest BCUT2D eigenvalue weighted by atomic mass is 14.5. The zero-order valence-corrected chi connectivity index (χ0v) is 5.64. The minimum absolute atomic E-state index is 0.668. The first-order valence-electron chi connectivity index (χ1n) is 3.41. The average molecular weight is 123 g/mol. The Morgan fingerprint density at radius 1 is 1.56 bits per heavy atom. The van der Waals surface area contributed by atoms with Gasteiger partial charge in [0.2, 0.25) is 0 Å². The maximum atomic E-state index is 5.34. The van der Waals surface area contributed by atoms with Crippen LogP contribution in [0.25, 0.3) is 0 Å². The molecule has 0 bridgehead atoms. The third-order valence-electron chi connectivity index (χ3n) is 1.73. The SMILES string of the molecule is C=C(N)/C=C/C1CCC1. The lowest BCUT2D eigenvalue weighted by atomic mass is 9.85. The average Bonchev–Trinajstić information content (AvgIpc) is 1.60. The Balaban J connectivity index is 2.22. The Morgan fingerprint density at radius 2 is 2.22 bits per heavy atom. The van der Waals surface area contributed by atoms with Crippen LogP contribution < -0.4 is 5.73 Å². The molecule has 9 heavy (non-hydrogen) atoms. The number of nitrogens with two attached hydrogens (primary N) is 1. The van der Waals surface area contributed by atoms with Gasteiger partial charge in [-0.1, -0.05) is 19.1 Å². The van der Waals surface area contributed by atoms with Crippen molar-refractivity contribution in [2.75, 3.05) is 0 Å². The second-order valence-electron chi connectivity index (χ2n) is 2.63. The van der Waals surface area contributed by atoms with Crippen molar-refractivity contribution >= 4 is 0 Å². The highest BCUT2D eigenvalue weighted by Gasteiger charge is 2.12. The first-order valence-corrected chi connectivity index (χ1v) is 3.41. The molecular weight excluding hydrogens is 110 g/mol.